The van der Waals surface area contributed by atoms with Crippen LogP contribution in [0.2, 0.25) is 0 Å². The third-order valence-electron chi connectivity index (χ3n) is 1.73. The first-order chi connectivity index (χ1) is 6.96. The highest BCUT2D eigenvalue weighted by atomic mass is 32.1. The van der Waals surface area contributed by atoms with Crippen LogP contribution in [0.5, 0.6) is 0 Å². The van der Waals surface area contributed by atoms with Gasteiger partial charge in [-0.25, -0.2) is 0 Å². The van der Waals surface area contributed by atoms with Gasteiger partial charge in [-0.1, -0.05) is 30.3 Å². The number of allylic oxidation sites excluding steroid dienone is 2. The minimum absolute atomic E-state index is 0.158. The van der Waals surface area contributed by atoms with E-state index in [2.05, 4.69) is 12.6 Å². The quantitative estimate of drug-likeness (QED) is 0.471. The molecule has 0 saturated carbocycles. The highest BCUT2D eigenvalue weighted by Gasteiger charge is 2.34. The molecule has 0 bridgehead atoms. The molecule has 5 heteroatoms. The largest absolute Gasteiger partial charge is 0.422 e. The van der Waals surface area contributed by atoms with Gasteiger partial charge in [0.15, 0.2) is 6.29 Å². The molecule has 0 N–H and O–H groups in total. The van der Waals surface area contributed by atoms with Gasteiger partial charge in [0.1, 0.15) is 0 Å². The maximum absolute atomic E-state index is 12.3. The fraction of sp³-hybridized carbons (Fsp3) is 0.100. The number of rotatable bonds is 2. The average Bonchev–Trinajstić information content (AvgIpc) is 2.19. The standard InChI is InChI=1S/C10H7F3OS/c11-10(12,13)9(15)8(6-14)7-4-2-1-3-5-7/h1-6,15H/b9-8-. The molecule has 0 heterocycles. The van der Waals surface area contributed by atoms with Crippen molar-refractivity contribution in [2.24, 2.45) is 0 Å². The molecule has 0 saturated heterocycles. The van der Waals surface area contributed by atoms with E-state index >= 15 is 0 Å². The van der Waals surface area contributed by atoms with Gasteiger partial charge in [0.05, 0.1) is 4.91 Å². The van der Waals surface area contributed by atoms with Gasteiger partial charge in [-0.2, -0.15) is 13.2 Å². The Hall–Kier alpha value is -1.23. The van der Waals surface area contributed by atoms with Crippen molar-refractivity contribution in [3.05, 3.63) is 40.8 Å². The predicted molar refractivity (Wildman–Crippen MR) is 54.5 cm³/mol. The molecular weight excluding hydrogens is 225 g/mol. The summed E-state index contributed by atoms with van der Waals surface area (Å²) in [4.78, 5) is 9.41. The summed E-state index contributed by atoms with van der Waals surface area (Å²) in [5.41, 5.74) is -0.249. The normalized spacial score (nSPS) is 13.3. The van der Waals surface area contributed by atoms with Crippen LogP contribution < -0.4 is 0 Å². The maximum Gasteiger partial charge on any atom is 0.422 e. The lowest BCUT2D eigenvalue weighted by Crippen LogP contribution is -2.10. The Bertz CT molecular complexity index is 381. The first-order valence-electron chi connectivity index (χ1n) is 3.98. The molecule has 1 aromatic carbocycles. The number of benzene rings is 1. The summed E-state index contributed by atoms with van der Waals surface area (Å²) in [5, 5.41) is 0. The van der Waals surface area contributed by atoms with Gasteiger partial charge in [-0.05, 0) is 5.56 Å². The highest BCUT2D eigenvalue weighted by Crippen LogP contribution is 2.33. The molecule has 1 rings (SSSR count). The zero-order valence-electron chi connectivity index (χ0n) is 7.45. The smallest absolute Gasteiger partial charge is 0.298 e. The molecule has 15 heavy (non-hydrogen) atoms. The first kappa shape index (κ1) is 11.8. The summed E-state index contributed by atoms with van der Waals surface area (Å²) in [6.07, 6.45) is -4.44. The minimum Gasteiger partial charge on any atom is -0.298 e. The van der Waals surface area contributed by atoms with Gasteiger partial charge < -0.3 is 0 Å². The van der Waals surface area contributed by atoms with Crippen molar-refractivity contribution in [2.45, 2.75) is 6.18 Å². The van der Waals surface area contributed by atoms with Crippen LogP contribution >= 0.6 is 12.6 Å². The molecule has 0 aliphatic carbocycles. The molecular formula is C10H7F3OS. The second-order valence-electron chi connectivity index (χ2n) is 2.74. The fourth-order valence-corrected chi connectivity index (χ4v) is 1.21. The Balaban J connectivity index is 3.26. The van der Waals surface area contributed by atoms with Gasteiger partial charge in [0.2, 0.25) is 0 Å². The zero-order valence-corrected chi connectivity index (χ0v) is 8.35. The minimum atomic E-state index is -4.60. The molecule has 80 valence electrons. The van der Waals surface area contributed by atoms with Crippen LogP contribution in [-0.2, 0) is 4.79 Å². The molecule has 0 aromatic heterocycles. The topological polar surface area (TPSA) is 17.1 Å². The van der Waals surface area contributed by atoms with E-state index in [0.29, 0.717) is 0 Å². The molecule has 0 unspecified atom stereocenters. The average molecular weight is 232 g/mol. The van der Waals surface area contributed by atoms with Crippen molar-refractivity contribution in [1.82, 2.24) is 0 Å². The number of thiol groups is 1. The number of carbonyl (C=O) groups excluding carboxylic acids is 1. The number of halogens is 3. The van der Waals surface area contributed by atoms with E-state index in [4.69, 9.17) is 0 Å². The van der Waals surface area contributed by atoms with Crippen LogP contribution in [0, 0.1) is 0 Å². The second kappa shape index (κ2) is 4.53. The lowest BCUT2D eigenvalue weighted by Gasteiger charge is -2.09. The van der Waals surface area contributed by atoms with Crippen LogP contribution in [0.1, 0.15) is 5.56 Å². The Kier molecular flexibility index (Phi) is 3.57. The van der Waals surface area contributed by atoms with Crippen LogP contribution in [0.4, 0.5) is 13.2 Å². The van der Waals surface area contributed by atoms with Crippen LogP contribution in [-0.4, -0.2) is 12.5 Å². The molecule has 0 amide bonds. The number of hydrogen-bond acceptors (Lipinski definition) is 2. The van der Waals surface area contributed by atoms with Crippen LogP contribution in [0.25, 0.3) is 5.57 Å². The zero-order chi connectivity index (χ0) is 11.5. The predicted octanol–water partition coefficient (Wildman–Crippen LogP) is 3.09. The SMILES string of the molecule is O=C/C(=C(/S)C(F)(F)F)c1ccccc1. The number of aldehydes is 1. The molecule has 1 aromatic rings. The molecule has 0 spiro atoms. The highest BCUT2D eigenvalue weighted by molar-refractivity contribution is 7.84. The lowest BCUT2D eigenvalue weighted by molar-refractivity contribution is -0.104. The molecule has 0 radical (unpaired) electrons. The third-order valence-corrected chi connectivity index (χ3v) is 2.22. The van der Waals surface area contributed by atoms with Crippen LogP contribution in [0.15, 0.2) is 35.2 Å². The van der Waals surface area contributed by atoms with Crippen molar-refractivity contribution >= 4 is 24.5 Å². The van der Waals surface area contributed by atoms with E-state index in [-0.39, 0.29) is 11.8 Å². The van der Waals surface area contributed by atoms with Gasteiger partial charge in [0, 0.05) is 5.57 Å². The van der Waals surface area contributed by atoms with Crippen LogP contribution in [0.3, 0.4) is 0 Å². The first-order valence-corrected chi connectivity index (χ1v) is 4.42. The van der Waals surface area contributed by atoms with Crippen molar-refractivity contribution < 1.29 is 18.0 Å². The summed E-state index contributed by atoms with van der Waals surface area (Å²) in [6.45, 7) is 0. The van der Waals surface area contributed by atoms with E-state index < -0.39 is 16.7 Å². The molecule has 0 aliphatic heterocycles. The number of hydrogen-bond donors (Lipinski definition) is 1. The van der Waals surface area contributed by atoms with E-state index in [9.17, 15) is 18.0 Å². The van der Waals surface area contributed by atoms with Gasteiger partial charge in [0.25, 0.3) is 0 Å². The van der Waals surface area contributed by atoms with Crippen molar-refractivity contribution in [1.29, 1.82) is 0 Å². The Labute approximate surface area is 90.0 Å². The van der Waals surface area contributed by atoms with Crippen molar-refractivity contribution in [2.75, 3.05) is 0 Å². The van der Waals surface area contributed by atoms with Crippen molar-refractivity contribution in [3.63, 3.8) is 0 Å². The monoisotopic (exact) mass is 232 g/mol. The number of carbonyl (C=O) groups is 1. The van der Waals surface area contributed by atoms with Gasteiger partial charge >= 0.3 is 6.18 Å². The van der Waals surface area contributed by atoms with E-state index in [1.165, 1.54) is 12.1 Å². The summed E-state index contributed by atoms with van der Waals surface area (Å²) >= 11 is 3.32. The Morgan fingerprint density at radius 3 is 2.13 bits per heavy atom. The maximum atomic E-state index is 12.3. The van der Waals surface area contributed by atoms with Gasteiger partial charge in [-0.3, -0.25) is 4.79 Å². The fourth-order valence-electron chi connectivity index (χ4n) is 1.03. The lowest BCUT2D eigenvalue weighted by atomic mass is 10.1. The summed E-state index contributed by atoms with van der Waals surface area (Å²) in [6, 6.07) is 7.60. The summed E-state index contributed by atoms with van der Waals surface area (Å²) in [7, 11) is 0. The third kappa shape index (κ3) is 2.86. The molecule has 0 fully saturated rings. The van der Waals surface area contributed by atoms with Crippen molar-refractivity contribution in [3.8, 4) is 0 Å². The number of alkyl halides is 3. The van der Waals surface area contributed by atoms with E-state index in [0.717, 1.165) is 0 Å². The Morgan fingerprint density at radius 1 is 1.20 bits per heavy atom. The molecule has 0 atom stereocenters. The summed E-state index contributed by atoms with van der Waals surface area (Å²) in [5.74, 6) is 0. The van der Waals surface area contributed by atoms with E-state index in [1.807, 2.05) is 0 Å². The Morgan fingerprint density at radius 2 is 1.73 bits per heavy atom. The van der Waals surface area contributed by atoms with Gasteiger partial charge in [-0.15, -0.1) is 12.6 Å². The second-order valence-corrected chi connectivity index (χ2v) is 3.19. The molecule has 1 nitrogen and oxygen atoms in total. The molecule has 0 aliphatic rings. The summed E-state index contributed by atoms with van der Waals surface area (Å²) < 4.78 is 36.8. The van der Waals surface area contributed by atoms with E-state index in [1.54, 1.807) is 18.2 Å².